The predicted octanol–water partition coefficient (Wildman–Crippen LogP) is -1.86. The number of aliphatic hydroxyl groups is 2. The van der Waals surface area contributed by atoms with Crippen LogP contribution in [0, 0.1) is 0 Å². The normalized spacial score (nSPS) is 49.1. The Morgan fingerprint density at radius 1 is 1.57 bits per heavy atom. The van der Waals surface area contributed by atoms with Crippen LogP contribution in [0.25, 0.3) is 11.2 Å². The molecule has 2 aromatic rings. The number of phosphoric ester groups is 1. The van der Waals surface area contributed by atoms with Crippen LogP contribution >= 0.6 is 7.82 Å². The third-order valence-electron chi connectivity index (χ3n) is 2.47. The van der Waals surface area contributed by atoms with Crippen LogP contribution in [0.1, 0.15) is 17.2 Å². The first kappa shape index (κ1) is 7.07. The summed E-state index contributed by atoms with van der Waals surface area (Å²) in [6.07, 6.45) is -17.7. The number of hydrogen-bond acceptors (Lipinski definition) is 9. The molecule has 0 amide bonds. The average molecular weight is 364 g/mol. The molecule has 1 aliphatic rings. The molecule has 0 spiro atoms. The molecule has 126 valence electrons. The summed E-state index contributed by atoms with van der Waals surface area (Å²) >= 11 is 0. The zero-order chi connectivity index (χ0) is 27.0. The van der Waals surface area contributed by atoms with Crippen molar-refractivity contribution in [3.05, 3.63) is 12.6 Å². The maximum atomic E-state index is 11.3. The fourth-order valence-corrected chi connectivity index (χ4v) is 1.78. The number of ether oxygens (including phenoxy) is 1. The molecule has 12 nitrogen and oxygen atoms in total. The second-order valence-corrected chi connectivity index (χ2v) is 5.11. The lowest BCUT2D eigenvalue weighted by Crippen LogP contribution is -2.33. The summed E-state index contributed by atoms with van der Waals surface area (Å²) in [6.45, 7) is -4.15. The van der Waals surface area contributed by atoms with Gasteiger partial charge in [-0.05, 0) is 0 Å². The first-order valence-corrected chi connectivity index (χ1v) is 7.05. The molecule has 1 unspecified atom stereocenters. The average Bonchev–Trinajstić information content (AvgIpc) is 3.11. The van der Waals surface area contributed by atoms with Crippen LogP contribution in [0.2, 0.25) is 2.82 Å². The molecule has 1 fully saturated rings. The molecule has 6 N–H and O–H groups in total. The molecular weight excluding hydrogens is 338 g/mol. The minimum Gasteiger partial charge on any atom is -0.387 e. The van der Waals surface area contributed by atoms with Crippen LogP contribution in [-0.4, -0.2) is 67.2 Å². The second kappa shape index (κ2) is 5.76. The topological polar surface area (TPSA) is 186 Å². The molecule has 23 heavy (non-hydrogen) atoms. The zero-order valence-corrected chi connectivity index (χ0v) is 11.5. The number of rotatable bonds is 7. The lowest BCUT2D eigenvalue weighted by Gasteiger charge is -2.16. The van der Waals surface area contributed by atoms with Gasteiger partial charge in [0.05, 0.1) is 21.1 Å². The Labute approximate surface area is 145 Å². The van der Waals surface area contributed by atoms with Crippen molar-refractivity contribution >= 4 is 24.8 Å². The maximum Gasteiger partial charge on any atom is 0.469 e. The number of aromatic nitrogens is 4. The van der Waals surface area contributed by atoms with Gasteiger partial charge in [-0.2, -0.15) is 0 Å². The quantitative estimate of drug-likeness (QED) is 0.274. The van der Waals surface area contributed by atoms with Gasteiger partial charge >= 0.3 is 7.82 Å². The Morgan fingerprint density at radius 3 is 3.09 bits per heavy atom. The highest BCUT2D eigenvalue weighted by Crippen LogP contribution is 2.38. The van der Waals surface area contributed by atoms with Gasteiger partial charge in [-0.3, -0.25) is 9.09 Å². The van der Waals surface area contributed by atoms with Crippen LogP contribution in [0.4, 0.5) is 5.82 Å². The smallest absolute Gasteiger partial charge is 0.387 e. The minimum absolute atomic E-state index is 0.0861. The predicted molar refractivity (Wildman–Crippen MR) is 73.7 cm³/mol. The fourth-order valence-electron chi connectivity index (χ4n) is 1.58. The van der Waals surface area contributed by atoms with E-state index < -0.39 is 68.4 Å². The molecule has 3 heterocycles. The SMILES string of the molecule is [2H]OC1([2H])[C@]([2H])([15n]2c([2H])[15n]c3c([15N]([2H])[2H])[15n]c([2H])[15n]c32)O[C@]([2H])(C([2H])([2H])OP(=O)(O)O)[C@@]1([2H])O[2H]. The van der Waals surface area contributed by atoms with E-state index in [1.165, 1.54) is 0 Å². The largest absolute Gasteiger partial charge is 0.469 e. The molecule has 3 rings (SSSR count). The minimum atomic E-state index is -5.81. The molecule has 1 saturated heterocycles. The van der Waals surface area contributed by atoms with Gasteiger partial charge in [0.2, 0.25) is 2.86 Å². The van der Waals surface area contributed by atoms with E-state index >= 15 is 0 Å². The number of phosphoric acid groups is 1. The van der Waals surface area contributed by atoms with Gasteiger partial charge in [-0.25, -0.2) is 19.5 Å². The standard InChI is InChI=1S/C10H14N5O7P/c11-8-5-9(13-2-12-8)15(3-14-5)10-7(17)6(16)4(22-10)1-21-23(18,19)20/h2-4,6-7,10,16-17H,1H2,(H2,11,12,13)(H2,18,19,20)/t4-,6-,7?,10-/m1/s1/i1D2,2D,3D,4D,6D,7D,10D,11+1,12+1,13+1,14+1,15+1,16D,17D/hD2. The van der Waals surface area contributed by atoms with Crippen molar-refractivity contribution in [3.63, 3.8) is 0 Å². The highest BCUT2D eigenvalue weighted by atomic mass is 31.2. The highest BCUT2D eigenvalue weighted by molar-refractivity contribution is 7.46. The van der Waals surface area contributed by atoms with Crippen LogP contribution < -0.4 is 5.72 Å². The number of nitrogens with two attached hydrogens (primary N) is 1. The van der Waals surface area contributed by atoms with Gasteiger partial charge < -0.3 is 30.5 Å². The van der Waals surface area contributed by atoms with E-state index in [1.807, 2.05) is 0 Å². The summed E-state index contributed by atoms with van der Waals surface area (Å²) in [5, 5.41) is 8.10. The molecule has 4 atom stereocenters. The monoisotopic (exact) mass is 364 g/mol. The van der Waals surface area contributed by atoms with E-state index in [0.717, 1.165) is 0 Å². The van der Waals surface area contributed by atoms with Crippen molar-refractivity contribution < 1.29 is 47.6 Å². The Bertz CT molecular complexity index is 1220. The van der Waals surface area contributed by atoms with E-state index in [9.17, 15) is 4.57 Å². The summed E-state index contributed by atoms with van der Waals surface area (Å²) in [6, 6.07) is 0. The molecule has 0 saturated carbocycles. The summed E-state index contributed by atoms with van der Waals surface area (Å²) in [4.78, 5) is 28.7. The summed E-state index contributed by atoms with van der Waals surface area (Å²) in [7, 11) is -5.81. The van der Waals surface area contributed by atoms with Crippen molar-refractivity contribution in [1.29, 1.82) is 2.86 Å². The van der Waals surface area contributed by atoms with Gasteiger partial charge in [0.15, 0.2) is 20.5 Å². The molecule has 0 bridgehead atoms. The van der Waals surface area contributed by atoms with Crippen molar-refractivity contribution in [2.45, 2.75) is 24.4 Å². The van der Waals surface area contributed by atoms with Crippen LogP contribution in [0.5, 0.6) is 0 Å². The van der Waals surface area contributed by atoms with E-state index in [1.54, 1.807) is 0 Å². The molecule has 2 aromatic heterocycles. The van der Waals surface area contributed by atoms with E-state index in [0.29, 0.717) is 0 Å². The van der Waals surface area contributed by atoms with Gasteiger partial charge in [0.25, 0.3) is 0 Å². The molecule has 0 aromatic carbocycles. The third-order valence-corrected chi connectivity index (χ3v) is 2.80. The molecule has 13 heteroatoms. The van der Waals surface area contributed by atoms with Crippen LogP contribution in [-0.2, 0) is 13.8 Å². The van der Waals surface area contributed by atoms with E-state index in [4.69, 9.17) is 31.2 Å². The van der Waals surface area contributed by atoms with Gasteiger partial charge in [-0.15, -0.1) is 0 Å². The summed E-state index contributed by atoms with van der Waals surface area (Å²) in [5.41, 5.74) is -1.60. The van der Waals surface area contributed by atoms with Gasteiger partial charge in [-0.1, -0.05) is 0 Å². The Balaban J connectivity index is 2.42. The van der Waals surface area contributed by atoms with Crippen molar-refractivity contribution in [1.82, 2.24) is 19.5 Å². The zero-order valence-electron chi connectivity index (χ0n) is 22.6. The Kier molecular flexibility index (Phi) is 1.77. The van der Waals surface area contributed by atoms with Crippen molar-refractivity contribution in [2.24, 2.45) is 0 Å². The van der Waals surface area contributed by atoms with Gasteiger partial charge in [0, 0.05) is 0 Å². The van der Waals surface area contributed by atoms with Crippen LogP contribution in [0.15, 0.2) is 12.6 Å². The lowest BCUT2D eigenvalue weighted by atomic mass is 10.1. The van der Waals surface area contributed by atoms with E-state index in [2.05, 4.69) is 29.7 Å². The number of hydrogen-bond donors (Lipinski definition) is 5. The molecule has 0 aliphatic carbocycles. The number of anilines is 1. The highest BCUT2D eigenvalue weighted by Gasteiger charge is 2.45. The fraction of sp³-hybridized carbons (Fsp3) is 0.500. The number of imidazole rings is 1. The van der Waals surface area contributed by atoms with Gasteiger partial charge in [0.1, 0.15) is 32.8 Å². The molecule has 1 aliphatic heterocycles. The maximum absolute atomic E-state index is 11.3. The molecular formula is C10H14N5O7P. The summed E-state index contributed by atoms with van der Waals surface area (Å²) < 4.78 is 115. The lowest BCUT2D eigenvalue weighted by molar-refractivity contribution is -0.0504. The van der Waals surface area contributed by atoms with Crippen LogP contribution in [0.3, 0.4) is 0 Å². The second-order valence-electron chi connectivity index (χ2n) is 3.95. The Hall–Kier alpha value is -1.66. The first-order chi connectivity index (χ1) is 15.7. The number of nitrogen functional groups attached to an aromatic ring is 1. The number of nitrogens with zero attached hydrogens (tertiary/aromatic N) is 4. The van der Waals surface area contributed by atoms with Crippen molar-refractivity contribution in [3.8, 4) is 0 Å². The number of fused-ring (bicyclic) bond motifs is 1. The van der Waals surface area contributed by atoms with E-state index in [-0.39, 0.29) is 10.3 Å². The Morgan fingerprint density at radius 2 is 2.39 bits per heavy atom. The molecule has 0 radical (unpaired) electrons. The summed E-state index contributed by atoms with van der Waals surface area (Å²) in [5.74, 6) is -0.720. The third kappa shape index (κ3) is 3.05. The first-order valence-electron chi connectivity index (χ1n) is 11.2. The van der Waals surface area contributed by atoms with Crippen molar-refractivity contribution in [2.75, 3.05) is 12.3 Å².